The summed E-state index contributed by atoms with van der Waals surface area (Å²) in [4.78, 5) is 84.6. The Hall–Kier alpha value is -4.98. The summed E-state index contributed by atoms with van der Waals surface area (Å²) in [5.74, 6) is -4.15. The minimum absolute atomic E-state index is 0.00248. The minimum Gasteiger partial charge on any atom is -0.469 e. The monoisotopic (exact) mass is 752 g/mol. The van der Waals surface area contributed by atoms with E-state index in [1.165, 1.54) is 24.1 Å². The largest absolute Gasteiger partial charge is 0.469 e. The maximum Gasteiger partial charge on any atom is 0.305 e. The number of esters is 1. The van der Waals surface area contributed by atoms with Crippen LogP contribution in [0.5, 0.6) is 0 Å². The van der Waals surface area contributed by atoms with Gasteiger partial charge in [0.2, 0.25) is 29.5 Å². The lowest BCUT2D eigenvalue weighted by Crippen LogP contribution is -2.61. The average molecular weight is 753 g/mol. The predicted octanol–water partition coefficient (Wildman–Crippen LogP) is 2.79. The average Bonchev–Trinajstić information content (AvgIpc) is 3.56. The first-order valence-corrected chi connectivity index (χ1v) is 18.5. The van der Waals surface area contributed by atoms with E-state index in [9.17, 15) is 33.2 Å². The van der Waals surface area contributed by atoms with E-state index < -0.39 is 65.5 Å². The van der Waals surface area contributed by atoms with Gasteiger partial charge in [-0.05, 0) is 74.3 Å². The molecule has 0 radical (unpaired) electrons. The van der Waals surface area contributed by atoms with Crippen LogP contribution in [0, 0.1) is 5.82 Å². The smallest absolute Gasteiger partial charge is 0.305 e. The van der Waals surface area contributed by atoms with E-state index in [1.54, 1.807) is 18.3 Å². The van der Waals surface area contributed by atoms with Gasteiger partial charge in [0.25, 0.3) is 0 Å². The number of carbonyl (C=O) groups is 6. The fraction of sp³-hybridized carbons (Fsp3) is 0.474. The van der Waals surface area contributed by atoms with E-state index in [0.29, 0.717) is 24.8 Å². The van der Waals surface area contributed by atoms with Gasteiger partial charge in [-0.25, -0.2) is 4.39 Å². The molecule has 5 rings (SSSR count). The lowest BCUT2D eigenvalue weighted by molar-refractivity contribution is -0.146. The number of H-pyrrole nitrogens is 1. The Kier molecular flexibility index (Phi) is 13.8. The Balaban J connectivity index is 1.39. The van der Waals surface area contributed by atoms with Crippen molar-refractivity contribution in [1.29, 1.82) is 0 Å². The van der Waals surface area contributed by atoms with E-state index in [2.05, 4.69) is 26.3 Å². The fourth-order valence-electron chi connectivity index (χ4n) is 6.71. The lowest BCUT2D eigenvalue weighted by atomic mass is 9.92. The number of aromatic nitrogens is 1. The number of piperidine rings is 1. The summed E-state index contributed by atoms with van der Waals surface area (Å²) >= 11 is 5.71. The van der Waals surface area contributed by atoms with Gasteiger partial charge in [0.15, 0.2) is 0 Å². The van der Waals surface area contributed by atoms with Gasteiger partial charge in [0.05, 0.1) is 7.11 Å². The Labute approximate surface area is 312 Å². The fourth-order valence-corrected chi connectivity index (χ4v) is 6.79. The summed E-state index contributed by atoms with van der Waals surface area (Å²) in [5.41, 5.74) is 2.22. The quantitative estimate of drug-likeness (QED) is 0.110. The third-order valence-corrected chi connectivity index (χ3v) is 10.1. The third-order valence-electron chi connectivity index (χ3n) is 9.88. The van der Waals surface area contributed by atoms with Gasteiger partial charge >= 0.3 is 5.97 Å². The highest BCUT2D eigenvalue weighted by Gasteiger charge is 2.38. The molecule has 0 bridgehead atoms. The number of rotatable bonds is 16. The molecule has 53 heavy (non-hydrogen) atoms. The van der Waals surface area contributed by atoms with Crippen LogP contribution in [-0.4, -0.2) is 95.1 Å². The summed E-state index contributed by atoms with van der Waals surface area (Å²) in [6.07, 6.45) is 5.87. The molecule has 15 heteroatoms. The first-order chi connectivity index (χ1) is 25.6. The zero-order valence-electron chi connectivity index (χ0n) is 29.6. The lowest BCUT2D eigenvalue weighted by Gasteiger charge is -2.37. The molecule has 5 N–H and O–H groups in total. The van der Waals surface area contributed by atoms with Crippen LogP contribution in [0.2, 0.25) is 0 Å². The molecule has 2 aromatic carbocycles. The number of para-hydroxylation sites is 1. The number of alkyl halides is 1. The molecule has 1 saturated heterocycles. The second-order valence-corrected chi connectivity index (χ2v) is 13.8. The first kappa shape index (κ1) is 39.2. The Morgan fingerprint density at radius 2 is 1.62 bits per heavy atom. The highest BCUT2D eigenvalue weighted by Crippen LogP contribution is 2.23. The molecule has 2 heterocycles. The molecule has 1 unspecified atom stereocenters. The third kappa shape index (κ3) is 10.6. The van der Waals surface area contributed by atoms with Crippen molar-refractivity contribution in [3.05, 3.63) is 71.7 Å². The number of hydrogen-bond donors (Lipinski definition) is 5. The van der Waals surface area contributed by atoms with Gasteiger partial charge in [0.1, 0.15) is 35.9 Å². The van der Waals surface area contributed by atoms with Crippen molar-refractivity contribution in [1.82, 2.24) is 31.2 Å². The van der Waals surface area contributed by atoms with Crippen LogP contribution in [0.4, 0.5) is 4.39 Å². The van der Waals surface area contributed by atoms with E-state index in [4.69, 9.17) is 16.3 Å². The molecular formula is C38H46ClFN6O7. The number of halogens is 2. The first-order valence-electron chi connectivity index (χ1n) is 18.0. The predicted molar refractivity (Wildman–Crippen MR) is 195 cm³/mol. The molecule has 2 aliphatic rings. The number of carbonyl (C=O) groups excluding carboxylic acids is 6. The number of aromatic amines is 1. The van der Waals surface area contributed by atoms with Crippen LogP contribution >= 0.6 is 11.6 Å². The van der Waals surface area contributed by atoms with Gasteiger partial charge in [-0.15, -0.1) is 11.6 Å². The Morgan fingerprint density at radius 1 is 0.887 bits per heavy atom. The second-order valence-electron chi connectivity index (χ2n) is 13.6. The summed E-state index contributed by atoms with van der Waals surface area (Å²) in [5, 5.41) is 12.1. The Morgan fingerprint density at radius 3 is 2.32 bits per heavy atom. The van der Waals surface area contributed by atoms with Crippen LogP contribution in [0.25, 0.3) is 10.9 Å². The van der Waals surface area contributed by atoms with Crippen molar-refractivity contribution in [2.45, 2.75) is 94.4 Å². The highest BCUT2D eigenvalue weighted by atomic mass is 35.5. The van der Waals surface area contributed by atoms with Crippen LogP contribution in [0.15, 0.2) is 54.7 Å². The Bertz CT molecular complexity index is 1780. The zero-order chi connectivity index (χ0) is 37.9. The number of benzene rings is 2. The summed E-state index contributed by atoms with van der Waals surface area (Å²) in [7, 11) is 1.22. The molecule has 1 aliphatic carbocycles. The van der Waals surface area contributed by atoms with E-state index in [0.717, 1.165) is 35.7 Å². The van der Waals surface area contributed by atoms with Gasteiger partial charge in [-0.1, -0.05) is 30.3 Å². The molecule has 2 fully saturated rings. The number of fused-ring (bicyclic) bond motifs is 1. The van der Waals surface area contributed by atoms with Crippen molar-refractivity contribution in [3.63, 3.8) is 0 Å². The van der Waals surface area contributed by atoms with Crippen LogP contribution in [0.1, 0.15) is 62.5 Å². The van der Waals surface area contributed by atoms with Gasteiger partial charge in [-0.2, -0.15) is 0 Å². The van der Waals surface area contributed by atoms with Crippen molar-refractivity contribution in [3.8, 4) is 0 Å². The molecule has 5 amide bonds. The van der Waals surface area contributed by atoms with Crippen LogP contribution in [-0.2, 0) is 46.3 Å². The van der Waals surface area contributed by atoms with Crippen molar-refractivity contribution in [2.24, 2.45) is 0 Å². The molecule has 0 spiro atoms. The van der Waals surface area contributed by atoms with Crippen molar-refractivity contribution < 1.29 is 37.9 Å². The van der Waals surface area contributed by atoms with Crippen molar-refractivity contribution >= 4 is 58.0 Å². The summed E-state index contributed by atoms with van der Waals surface area (Å²) < 4.78 is 18.4. The molecular weight excluding hydrogens is 707 g/mol. The number of nitrogens with zero attached hydrogens (tertiary/aromatic N) is 1. The molecule has 4 atom stereocenters. The number of amides is 5. The van der Waals surface area contributed by atoms with E-state index >= 15 is 0 Å². The topological polar surface area (TPSA) is 179 Å². The van der Waals surface area contributed by atoms with E-state index in [1.807, 2.05) is 24.3 Å². The number of nitrogens with one attached hydrogen (secondary N) is 5. The van der Waals surface area contributed by atoms with Gasteiger partial charge < -0.3 is 35.9 Å². The number of methoxy groups -OCH3 is 1. The van der Waals surface area contributed by atoms with Gasteiger partial charge in [0, 0.05) is 48.9 Å². The van der Waals surface area contributed by atoms with Gasteiger partial charge in [-0.3, -0.25) is 28.8 Å². The van der Waals surface area contributed by atoms with Crippen LogP contribution in [0.3, 0.4) is 0 Å². The minimum atomic E-state index is -1.17. The SMILES string of the molecule is COC(=O)CC[C@H](NC(=O)CCl)C(=O)N1CCCC[C@H]1C(=O)NC(Cc1c[nH]c2ccccc12)C(=O)N[C@@H](Cc1ccc(F)cc1)C(=O)NC1CCC1. The number of ether oxygens (including phenoxy) is 1. The maximum absolute atomic E-state index is 14.2. The number of likely N-dealkylation sites (tertiary alicyclic amines) is 1. The van der Waals surface area contributed by atoms with Crippen LogP contribution < -0.4 is 21.3 Å². The number of hydrogen-bond acceptors (Lipinski definition) is 7. The molecule has 1 aromatic heterocycles. The molecule has 1 aliphatic heterocycles. The van der Waals surface area contributed by atoms with Crippen molar-refractivity contribution in [2.75, 3.05) is 19.5 Å². The molecule has 1 saturated carbocycles. The normalized spacial score (nSPS) is 17.5. The molecule has 3 aromatic rings. The standard InChI is InChI=1S/C38H46ClFN6O7/c1-53-34(48)17-16-29(43-33(47)21-39)38(52)46-18-5-4-11-32(46)37(51)45-31(20-24-22-41-28-10-3-2-9-27(24)28)36(50)44-30(35(49)42-26-7-6-8-26)19-23-12-14-25(40)15-13-23/h2-3,9-10,12-15,22,26,29-32,41H,4-8,11,16-21H2,1H3,(H,42,49)(H,43,47)(H,44,50)(H,45,51)/t29-,30-,31?,32-/m0/s1. The summed E-state index contributed by atoms with van der Waals surface area (Å²) in [6, 6.07) is 8.89. The molecule has 13 nitrogen and oxygen atoms in total. The highest BCUT2D eigenvalue weighted by molar-refractivity contribution is 6.27. The van der Waals surface area contributed by atoms with E-state index in [-0.39, 0.29) is 44.2 Å². The zero-order valence-corrected chi connectivity index (χ0v) is 30.4. The second kappa shape index (κ2) is 18.7. The summed E-state index contributed by atoms with van der Waals surface area (Å²) in [6.45, 7) is 0.211. The molecule has 284 valence electrons. The maximum atomic E-state index is 14.2.